The molecule has 2 aromatic rings. The van der Waals surface area contributed by atoms with Crippen LogP contribution in [0.2, 0.25) is 0 Å². The van der Waals surface area contributed by atoms with Crippen LogP contribution in [0.1, 0.15) is 17.7 Å². The van der Waals surface area contributed by atoms with Gasteiger partial charge in [-0.3, -0.25) is 0 Å². The van der Waals surface area contributed by atoms with Gasteiger partial charge in [0.1, 0.15) is 5.82 Å². The van der Waals surface area contributed by atoms with Crippen LogP contribution >= 0.6 is 0 Å². The van der Waals surface area contributed by atoms with Crippen LogP contribution in [0.25, 0.3) is 10.9 Å². The van der Waals surface area contributed by atoms with Gasteiger partial charge in [0.2, 0.25) is 0 Å². The summed E-state index contributed by atoms with van der Waals surface area (Å²) in [6.45, 7) is 3.90. The van der Waals surface area contributed by atoms with Crippen molar-refractivity contribution >= 4 is 16.9 Å². The first-order chi connectivity index (χ1) is 9.13. The predicted molar refractivity (Wildman–Crippen MR) is 71.4 cm³/mol. The number of amides is 2. The largest absolute Gasteiger partial charge is 0.357 e. The van der Waals surface area contributed by atoms with Crippen molar-refractivity contribution in [1.82, 2.24) is 15.2 Å². The van der Waals surface area contributed by atoms with Crippen LogP contribution in [0.5, 0.6) is 0 Å². The summed E-state index contributed by atoms with van der Waals surface area (Å²) >= 11 is 0. The molecule has 0 atom stereocenters. The molecule has 5 heteroatoms. The molecular weight excluding hydrogens is 245 g/mol. The van der Waals surface area contributed by atoms with E-state index in [1.54, 1.807) is 11.0 Å². The van der Waals surface area contributed by atoms with Gasteiger partial charge < -0.3 is 15.2 Å². The van der Waals surface area contributed by atoms with Gasteiger partial charge in [0, 0.05) is 29.7 Å². The van der Waals surface area contributed by atoms with Crippen LogP contribution in [0.4, 0.5) is 9.18 Å². The third-order valence-corrected chi connectivity index (χ3v) is 3.46. The first kappa shape index (κ1) is 12.0. The first-order valence-corrected chi connectivity index (χ1v) is 6.44. The van der Waals surface area contributed by atoms with E-state index < -0.39 is 0 Å². The van der Waals surface area contributed by atoms with Gasteiger partial charge in [0.25, 0.3) is 0 Å². The van der Waals surface area contributed by atoms with Gasteiger partial charge in [-0.15, -0.1) is 0 Å². The minimum absolute atomic E-state index is 0.0541. The van der Waals surface area contributed by atoms with Crippen LogP contribution in [0.15, 0.2) is 18.2 Å². The van der Waals surface area contributed by atoms with Crippen molar-refractivity contribution in [1.29, 1.82) is 0 Å². The first-order valence-electron chi connectivity index (χ1n) is 6.44. The summed E-state index contributed by atoms with van der Waals surface area (Å²) in [5, 5.41) is 3.40. The van der Waals surface area contributed by atoms with E-state index in [4.69, 9.17) is 0 Å². The molecule has 1 saturated heterocycles. The van der Waals surface area contributed by atoms with Crippen LogP contribution in [0.3, 0.4) is 0 Å². The third-order valence-electron chi connectivity index (χ3n) is 3.46. The summed E-state index contributed by atoms with van der Waals surface area (Å²) in [6.07, 6.45) is 1.07. The molecule has 0 unspecified atom stereocenters. The Morgan fingerprint density at radius 1 is 1.42 bits per heavy atom. The molecule has 1 aliphatic heterocycles. The molecule has 0 saturated carbocycles. The number of nitrogens with zero attached hydrogens (tertiary/aromatic N) is 1. The lowest BCUT2D eigenvalue weighted by molar-refractivity contribution is 0.167. The van der Waals surface area contributed by atoms with E-state index in [1.807, 2.05) is 13.0 Å². The molecule has 0 bridgehead atoms. The number of hydrogen-bond donors (Lipinski definition) is 2. The van der Waals surface area contributed by atoms with E-state index in [-0.39, 0.29) is 11.8 Å². The van der Waals surface area contributed by atoms with Crippen molar-refractivity contribution in [3.63, 3.8) is 0 Å². The number of aromatic amines is 1. The fourth-order valence-corrected chi connectivity index (χ4v) is 2.28. The quantitative estimate of drug-likeness (QED) is 0.857. The molecule has 2 heterocycles. The van der Waals surface area contributed by atoms with Crippen molar-refractivity contribution < 1.29 is 9.18 Å². The molecule has 0 radical (unpaired) electrons. The Morgan fingerprint density at radius 2 is 2.21 bits per heavy atom. The van der Waals surface area contributed by atoms with E-state index in [0.717, 1.165) is 36.3 Å². The van der Waals surface area contributed by atoms with Crippen LogP contribution in [-0.2, 0) is 6.54 Å². The zero-order chi connectivity index (χ0) is 13.4. The minimum Gasteiger partial charge on any atom is -0.357 e. The van der Waals surface area contributed by atoms with Crippen LogP contribution in [-0.4, -0.2) is 29.0 Å². The fraction of sp³-hybridized carbons (Fsp3) is 0.357. The molecule has 4 nitrogen and oxygen atoms in total. The number of halogens is 1. The van der Waals surface area contributed by atoms with Crippen LogP contribution in [0, 0.1) is 12.7 Å². The summed E-state index contributed by atoms with van der Waals surface area (Å²) in [5.41, 5.74) is 2.46. The Labute approximate surface area is 110 Å². The van der Waals surface area contributed by atoms with Gasteiger partial charge in [0.05, 0.1) is 6.54 Å². The number of H-pyrrole nitrogens is 1. The van der Waals surface area contributed by atoms with Crippen molar-refractivity contribution in [2.75, 3.05) is 13.1 Å². The van der Waals surface area contributed by atoms with E-state index >= 15 is 0 Å². The number of rotatable bonds is 2. The molecule has 1 fully saturated rings. The summed E-state index contributed by atoms with van der Waals surface area (Å²) in [7, 11) is 0. The second-order valence-corrected chi connectivity index (χ2v) is 5.00. The Morgan fingerprint density at radius 3 is 2.89 bits per heavy atom. The number of carbonyl (C=O) groups excluding carboxylic acids is 1. The zero-order valence-corrected chi connectivity index (χ0v) is 10.8. The van der Waals surface area contributed by atoms with Gasteiger partial charge in [0.15, 0.2) is 0 Å². The Kier molecular flexibility index (Phi) is 2.89. The van der Waals surface area contributed by atoms with Crippen molar-refractivity contribution in [2.45, 2.75) is 19.9 Å². The number of urea groups is 1. The number of carbonyl (C=O) groups is 1. The fourth-order valence-electron chi connectivity index (χ4n) is 2.28. The standard InChI is InChI=1S/C14H16FN3O/c1-9-5-12(15)11-7-10(17-13(11)6-9)8-16-14(19)18-3-2-4-18/h5-7,17H,2-4,8H2,1H3,(H,16,19). The highest BCUT2D eigenvalue weighted by molar-refractivity contribution is 5.82. The van der Waals surface area contributed by atoms with Gasteiger partial charge >= 0.3 is 6.03 Å². The number of aromatic nitrogens is 1. The molecule has 1 aromatic carbocycles. The lowest BCUT2D eigenvalue weighted by Crippen LogP contribution is -2.47. The number of likely N-dealkylation sites (tertiary alicyclic amines) is 1. The highest BCUT2D eigenvalue weighted by Gasteiger charge is 2.19. The second kappa shape index (κ2) is 4.57. The van der Waals surface area contributed by atoms with Gasteiger partial charge in [-0.1, -0.05) is 0 Å². The van der Waals surface area contributed by atoms with E-state index in [2.05, 4.69) is 10.3 Å². The number of aryl methyl sites for hydroxylation is 1. The topological polar surface area (TPSA) is 48.1 Å². The molecule has 1 aromatic heterocycles. The maximum Gasteiger partial charge on any atom is 0.317 e. The monoisotopic (exact) mass is 261 g/mol. The summed E-state index contributed by atoms with van der Waals surface area (Å²) in [4.78, 5) is 16.6. The minimum atomic E-state index is -0.230. The highest BCUT2D eigenvalue weighted by Crippen LogP contribution is 2.20. The lowest BCUT2D eigenvalue weighted by atomic mass is 10.2. The van der Waals surface area contributed by atoms with Crippen molar-refractivity contribution in [3.05, 3.63) is 35.3 Å². The second-order valence-electron chi connectivity index (χ2n) is 5.00. The van der Waals surface area contributed by atoms with E-state index in [1.165, 1.54) is 6.07 Å². The number of nitrogens with one attached hydrogen (secondary N) is 2. The molecule has 3 rings (SSSR count). The van der Waals surface area contributed by atoms with E-state index in [9.17, 15) is 9.18 Å². The molecule has 1 aliphatic rings. The smallest absolute Gasteiger partial charge is 0.317 e. The molecule has 100 valence electrons. The summed E-state index contributed by atoms with van der Waals surface area (Å²) < 4.78 is 13.7. The average molecular weight is 261 g/mol. The predicted octanol–water partition coefficient (Wildman–Crippen LogP) is 2.53. The van der Waals surface area contributed by atoms with Gasteiger partial charge in [-0.05, 0) is 37.1 Å². The molecule has 0 aliphatic carbocycles. The molecule has 2 amide bonds. The van der Waals surface area contributed by atoms with Gasteiger partial charge in [-0.25, -0.2) is 9.18 Å². The summed E-state index contributed by atoms with van der Waals surface area (Å²) in [6, 6.07) is 5.11. The lowest BCUT2D eigenvalue weighted by Gasteiger charge is -2.30. The molecule has 2 N–H and O–H groups in total. The maximum atomic E-state index is 13.7. The number of benzene rings is 1. The number of fused-ring (bicyclic) bond motifs is 1. The SMILES string of the molecule is Cc1cc(F)c2cc(CNC(=O)N3CCC3)[nH]c2c1. The Balaban J connectivity index is 1.74. The number of hydrogen-bond acceptors (Lipinski definition) is 1. The Bertz CT molecular complexity index is 631. The molecule has 0 spiro atoms. The third kappa shape index (κ3) is 2.28. The van der Waals surface area contributed by atoms with E-state index in [0.29, 0.717) is 11.9 Å². The molecular formula is C14H16FN3O. The average Bonchev–Trinajstić information content (AvgIpc) is 2.67. The molecule has 19 heavy (non-hydrogen) atoms. The normalized spacial score (nSPS) is 14.5. The Hall–Kier alpha value is -2.04. The maximum absolute atomic E-state index is 13.7. The van der Waals surface area contributed by atoms with Crippen molar-refractivity contribution in [2.24, 2.45) is 0 Å². The van der Waals surface area contributed by atoms with Gasteiger partial charge in [-0.2, -0.15) is 0 Å². The van der Waals surface area contributed by atoms with Crippen LogP contribution < -0.4 is 5.32 Å². The highest BCUT2D eigenvalue weighted by atomic mass is 19.1. The zero-order valence-electron chi connectivity index (χ0n) is 10.8. The summed E-state index contributed by atoms with van der Waals surface area (Å²) in [5.74, 6) is -0.230. The van der Waals surface area contributed by atoms with Crippen molar-refractivity contribution in [3.8, 4) is 0 Å².